The number of likely N-dealkylation sites (N-methyl/N-ethyl adjacent to an activating group) is 1. The Morgan fingerprint density at radius 1 is 1.22 bits per heavy atom. The van der Waals surface area contributed by atoms with Crippen molar-refractivity contribution in [1.29, 1.82) is 0 Å². The molecule has 0 heterocycles. The van der Waals surface area contributed by atoms with E-state index in [0.717, 1.165) is 12.2 Å². The summed E-state index contributed by atoms with van der Waals surface area (Å²) in [5, 5.41) is 6.75. The van der Waals surface area contributed by atoms with Crippen LogP contribution in [-0.2, 0) is 4.79 Å². The molecule has 0 saturated carbocycles. The molecule has 1 aromatic rings. The van der Waals surface area contributed by atoms with E-state index < -0.39 is 0 Å². The Labute approximate surface area is 113 Å². The first-order chi connectivity index (χ1) is 8.58. The Kier molecular flexibility index (Phi) is 6.54. The van der Waals surface area contributed by atoms with Gasteiger partial charge in [0.1, 0.15) is 0 Å². The van der Waals surface area contributed by atoms with E-state index >= 15 is 0 Å². The number of nitrogens with one attached hydrogen (secondary N) is 2. The highest BCUT2D eigenvalue weighted by Gasteiger charge is 2.00. The average molecular weight is 270 g/mol. The molecule has 0 aromatic heterocycles. The third kappa shape index (κ3) is 6.47. The van der Waals surface area contributed by atoms with Crippen molar-refractivity contribution < 1.29 is 4.79 Å². The number of amides is 1. The van der Waals surface area contributed by atoms with Crippen molar-refractivity contribution >= 4 is 23.2 Å². The minimum absolute atomic E-state index is 0.0679. The molecule has 100 valence electrons. The molecule has 2 N–H and O–H groups in total. The Balaban J connectivity index is 2.13. The topological polar surface area (TPSA) is 44.4 Å². The minimum Gasteiger partial charge on any atom is -0.385 e. The van der Waals surface area contributed by atoms with Gasteiger partial charge in [-0.2, -0.15) is 0 Å². The van der Waals surface area contributed by atoms with Gasteiger partial charge < -0.3 is 15.5 Å². The fraction of sp³-hybridized carbons (Fsp3) is 0.462. The number of anilines is 1. The van der Waals surface area contributed by atoms with E-state index in [1.807, 2.05) is 43.3 Å². The van der Waals surface area contributed by atoms with Gasteiger partial charge in [0.05, 0.1) is 0 Å². The SMILES string of the molecule is CN(C)CCNC(=O)CCNc1ccc(Cl)cc1. The summed E-state index contributed by atoms with van der Waals surface area (Å²) in [6, 6.07) is 7.43. The molecule has 1 aromatic carbocycles. The van der Waals surface area contributed by atoms with E-state index in [-0.39, 0.29) is 5.91 Å². The molecule has 0 unspecified atom stereocenters. The monoisotopic (exact) mass is 269 g/mol. The molecule has 0 saturated heterocycles. The minimum atomic E-state index is 0.0679. The van der Waals surface area contributed by atoms with Gasteiger partial charge in [0.2, 0.25) is 5.91 Å². The first-order valence-electron chi connectivity index (χ1n) is 5.99. The molecule has 0 atom stereocenters. The standard InChI is InChI=1S/C13H20ClN3O/c1-17(2)10-9-16-13(18)7-8-15-12-5-3-11(14)4-6-12/h3-6,15H,7-10H2,1-2H3,(H,16,18). The number of benzene rings is 1. The predicted molar refractivity (Wildman–Crippen MR) is 76.1 cm³/mol. The summed E-state index contributed by atoms with van der Waals surface area (Å²) >= 11 is 5.78. The summed E-state index contributed by atoms with van der Waals surface area (Å²) in [5.74, 6) is 0.0679. The van der Waals surface area contributed by atoms with Gasteiger partial charge in [0.15, 0.2) is 0 Å². The maximum Gasteiger partial charge on any atom is 0.221 e. The average Bonchev–Trinajstić information content (AvgIpc) is 2.31. The van der Waals surface area contributed by atoms with E-state index in [9.17, 15) is 4.79 Å². The number of nitrogens with zero attached hydrogens (tertiary/aromatic N) is 1. The Bertz CT molecular complexity index is 365. The van der Waals surface area contributed by atoms with Gasteiger partial charge in [0.25, 0.3) is 0 Å². The Morgan fingerprint density at radius 3 is 2.50 bits per heavy atom. The van der Waals surface area contributed by atoms with Crippen molar-refractivity contribution in [2.45, 2.75) is 6.42 Å². The summed E-state index contributed by atoms with van der Waals surface area (Å²) in [7, 11) is 3.96. The van der Waals surface area contributed by atoms with E-state index in [4.69, 9.17) is 11.6 Å². The lowest BCUT2D eigenvalue weighted by Crippen LogP contribution is -2.32. The maximum absolute atomic E-state index is 11.5. The van der Waals surface area contributed by atoms with Gasteiger partial charge >= 0.3 is 0 Å². The van der Waals surface area contributed by atoms with Crippen molar-refractivity contribution in [3.05, 3.63) is 29.3 Å². The van der Waals surface area contributed by atoms with Crippen LogP contribution in [0.15, 0.2) is 24.3 Å². The number of carbonyl (C=O) groups is 1. The molecule has 0 aliphatic carbocycles. The van der Waals surface area contributed by atoms with Crippen LogP contribution in [0.3, 0.4) is 0 Å². The molecule has 0 fully saturated rings. The summed E-state index contributed by atoms with van der Waals surface area (Å²) in [6.07, 6.45) is 0.468. The first kappa shape index (κ1) is 14.8. The second kappa shape index (κ2) is 7.95. The molecule has 0 aliphatic heterocycles. The van der Waals surface area contributed by atoms with Crippen LogP contribution >= 0.6 is 11.6 Å². The molecular formula is C13H20ClN3O. The zero-order valence-corrected chi connectivity index (χ0v) is 11.6. The summed E-state index contributed by atoms with van der Waals surface area (Å²) in [5.41, 5.74) is 0.973. The molecule has 1 amide bonds. The fourth-order valence-corrected chi connectivity index (χ4v) is 1.52. The normalized spacial score (nSPS) is 10.4. The van der Waals surface area contributed by atoms with Crippen molar-refractivity contribution in [2.24, 2.45) is 0 Å². The van der Waals surface area contributed by atoms with Crippen molar-refractivity contribution in [3.63, 3.8) is 0 Å². The highest BCUT2D eigenvalue weighted by Crippen LogP contribution is 2.12. The van der Waals surface area contributed by atoms with Crippen LogP contribution in [0.4, 0.5) is 5.69 Å². The number of hydrogen-bond acceptors (Lipinski definition) is 3. The van der Waals surface area contributed by atoms with Crippen molar-refractivity contribution in [3.8, 4) is 0 Å². The number of rotatable bonds is 7. The smallest absolute Gasteiger partial charge is 0.221 e. The zero-order chi connectivity index (χ0) is 13.4. The summed E-state index contributed by atoms with van der Waals surface area (Å²) in [4.78, 5) is 13.5. The molecule has 0 bridgehead atoms. The highest BCUT2D eigenvalue weighted by molar-refractivity contribution is 6.30. The number of carbonyl (C=O) groups excluding carboxylic acids is 1. The van der Waals surface area contributed by atoms with Gasteiger partial charge in [-0.1, -0.05) is 11.6 Å². The summed E-state index contributed by atoms with van der Waals surface area (Å²) in [6.45, 7) is 2.17. The first-order valence-corrected chi connectivity index (χ1v) is 6.36. The Hall–Kier alpha value is -1.26. The molecule has 5 heteroatoms. The highest BCUT2D eigenvalue weighted by atomic mass is 35.5. The molecule has 0 radical (unpaired) electrons. The Morgan fingerprint density at radius 2 is 1.89 bits per heavy atom. The van der Waals surface area contributed by atoms with Crippen LogP contribution < -0.4 is 10.6 Å². The second-order valence-electron chi connectivity index (χ2n) is 4.34. The van der Waals surface area contributed by atoms with E-state index in [1.54, 1.807) is 0 Å². The molecule has 4 nitrogen and oxygen atoms in total. The third-order valence-electron chi connectivity index (χ3n) is 2.41. The lowest BCUT2D eigenvalue weighted by atomic mass is 10.3. The van der Waals surface area contributed by atoms with E-state index in [0.29, 0.717) is 24.5 Å². The predicted octanol–water partition coefficient (Wildman–Crippen LogP) is 1.82. The van der Waals surface area contributed by atoms with Crippen LogP contribution in [0.2, 0.25) is 5.02 Å². The van der Waals surface area contributed by atoms with Crippen molar-refractivity contribution in [1.82, 2.24) is 10.2 Å². The number of halogens is 1. The van der Waals surface area contributed by atoms with Gasteiger partial charge in [-0.05, 0) is 38.4 Å². The molecule has 0 spiro atoms. The molecular weight excluding hydrogens is 250 g/mol. The van der Waals surface area contributed by atoms with Gasteiger partial charge in [-0.15, -0.1) is 0 Å². The third-order valence-corrected chi connectivity index (χ3v) is 2.66. The summed E-state index contributed by atoms with van der Waals surface area (Å²) < 4.78 is 0. The van der Waals surface area contributed by atoms with Crippen LogP contribution in [0.5, 0.6) is 0 Å². The maximum atomic E-state index is 11.5. The van der Waals surface area contributed by atoms with E-state index in [1.165, 1.54) is 0 Å². The molecule has 1 rings (SSSR count). The van der Waals surface area contributed by atoms with Crippen molar-refractivity contribution in [2.75, 3.05) is 39.0 Å². The lowest BCUT2D eigenvalue weighted by molar-refractivity contribution is -0.120. The van der Waals surface area contributed by atoms with E-state index in [2.05, 4.69) is 10.6 Å². The number of hydrogen-bond donors (Lipinski definition) is 2. The fourth-order valence-electron chi connectivity index (χ4n) is 1.40. The second-order valence-corrected chi connectivity index (χ2v) is 4.77. The van der Waals surface area contributed by atoms with Crippen LogP contribution in [0, 0.1) is 0 Å². The zero-order valence-electron chi connectivity index (χ0n) is 10.9. The van der Waals surface area contributed by atoms with Gasteiger partial charge in [0, 0.05) is 36.8 Å². The van der Waals surface area contributed by atoms with Crippen LogP contribution in [0.25, 0.3) is 0 Å². The van der Waals surface area contributed by atoms with Gasteiger partial charge in [-0.25, -0.2) is 0 Å². The van der Waals surface area contributed by atoms with Gasteiger partial charge in [-0.3, -0.25) is 4.79 Å². The largest absolute Gasteiger partial charge is 0.385 e. The molecule has 0 aliphatic rings. The van der Waals surface area contributed by atoms with Crippen LogP contribution in [0.1, 0.15) is 6.42 Å². The van der Waals surface area contributed by atoms with Crippen LogP contribution in [-0.4, -0.2) is 44.5 Å². The lowest BCUT2D eigenvalue weighted by Gasteiger charge is -2.11. The quantitative estimate of drug-likeness (QED) is 0.794. The molecule has 18 heavy (non-hydrogen) atoms.